The normalized spacial score (nSPS) is 20.4. The minimum atomic E-state index is 0. The van der Waals surface area contributed by atoms with Crippen LogP contribution in [0.15, 0.2) is 4.52 Å². The van der Waals surface area contributed by atoms with Crippen molar-refractivity contribution in [1.82, 2.24) is 15.5 Å². The van der Waals surface area contributed by atoms with E-state index in [2.05, 4.69) is 15.5 Å². The van der Waals surface area contributed by atoms with Crippen molar-refractivity contribution in [2.75, 3.05) is 39.5 Å². The summed E-state index contributed by atoms with van der Waals surface area (Å²) < 4.78 is 16.3. The van der Waals surface area contributed by atoms with Crippen LogP contribution in [0.5, 0.6) is 0 Å². The molecule has 6 nitrogen and oxygen atoms in total. The molecule has 0 saturated carbocycles. The average Bonchev–Trinajstić information content (AvgIpc) is 2.82. The maximum atomic E-state index is 5.70. The second kappa shape index (κ2) is 7.93. The highest BCUT2D eigenvalue weighted by atomic mass is 35.5. The Labute approximate surface area is 125 Å². The summed E-state index contributed by atoms with van der Waals surface area (Å²) in [5.74, 6) is 2.58. The Morgan fingerprint density at radius 2 is 2.05 bits per heavy atom. The van der Waals surface area contributed by atoms with E-state index in [1.807, 2.05) is 0 Å². The van der Waals surface area contributed by atoms with E-state index in [1.54, 1.807) is 0 Å². The predicted molar refractivity (Wildman–Crippen MR) is 75.2 cm³/mol. The topological polar surface area (TPSA) is 69.4 Å². The van der Waals surface area contributed by atoms with Crippen LogP contribution in [0.1, 0.15) is 30.5 Å². The Hall–Kier alpha value is -0.690. The third-order valence-electron chi connectivity index (χ3n) is 3.78. The maximum absolute atomic E-state index is 5.70. The molecular weight excluding hydrogens is 282 g/mol. The van der Waals surface area contributed by atoms with Gasteiger partial charge in [-0.2, -0.15) is 4.98 Å². The van der Waals surface area contributed by atoms with Gasteiger partial charge in [0.2, 0.25) is 5.89 Å². The van der Waals surface area contributed by atoms with Gasteiger partial charge in [-0.05, 0) is 18.8 Å². The molecule has 1 aromatic rings. The molecule has 0 aromatic carbocycles. The van der Waals surface area contributed by atoms with E-state index in [1.165, 1.54) is 0 Å². The number of aromatic nitrogens is 2. The fourth-order valence-corrected chi connectivity index (χ4v) is 2.32. The molecule has 2 aliphatic heterocycles. The van der Waals surface area contributed by atoms with E-state index in [0.717, 1.165) is 63.9 Å². The molecule has 0 aliphatic carbocycles. The van der Waals surface area contributed by atoms with Gasteiger partial charge in [0.1, 0.15) is 0 Å². The summed E-state index contributed by atoms with van der Waals surface area (Å²) in [6.45, 7) is 5.12. The van der Waals surface area contributed by atoms with Crippen LogP contribution in [0.2, 0.25) is 0 Å². The first-order valence-corrected chi connectivity index (χ1v) is 7.10. The van der Waals surface area contributed by atoms with Crippen molar-refractivity contribution in [1.29, 1.82) is 0 Å². The molecule has 1 N–H and O–H groups in total. The number of rotatable bonds is 6. The van der Waals surface area contributed by atoms with Gasteiger partial charge in [-0.25, -0.2) is 0 Å². The van der Waals surface area contributed by atoms with E-state index >= 15 is 0 Å². The molecule has 0 unspecified atom stereocenters. The summed E-state index contributed by atoms with van der Waals surface area (Å²) in [5, 5.41) is 7.18. The van der Waals surface area contributed by atoms with Crippen LogP contribution in [-0.4, -0.2) is 49.7 Å². The van der Waals surface area contributed by atoms with Gasteiger partial charge in [0, 0.05) is 39.3 Å². The van der Waals surface area contributed by atoms with Crippen molar-refractivity contribution < 1.29 is 14.0 Å². The summed E-state index contributed by atoms with van der Waals surface area (Å²) in [6.07, 6.45) is 2.95. The largest absolute Gasteiger partial charge is 0.381 e. The molecule has 0 radical (unpaired) electrons. The molecular formula is C13H22ClN3O3. The molecule has 7 heteroatoms. The number of nitrogens with zero attached hydrogens (tertiary/aromatic N) is 2. The number of hydrogen-bond donors (Lipinski definition) is 1. The Morgan fingerprint density at radius 1 is 1.25 bits per heavy atom. The molecule has 0 spiro atoms. The third-order valence-corrected chi connectivity index (χ3v) is 3.78. The predicted octanol–water partition coefficient (Wildman–Crippen LogP) is 1.16. The number of hydrogen-bond acceptors (Lipinski definition) is 6. The summed E-state index contributed by atoms with van der Waals surface area (Å²) in [5.41, 5.74) is 0. The van der Waals surface area contributed by atoms with Gasteiger partial charge in [-0.1, -0.05) is 5.16 Å². The molecule has 3 heterocycles. The van der Waals surface area contributed by atoms with Crippen LogP contribution in [0.25, 0.3) is 0 Å². The van der Waals surface area contributed by atoms with Gasteiger partial charge in [-0.3, -0.25) is 0 Å². The average molecular weight is 304 g/mol. The zero-order chi connectivity index (χ0) is 12.9. The summed E-state index contributed by atoms with van der Waals surface area (Å²) in [7, 11) is 0. The van der Waals surface area contributed by atoms with Gasteiger partial charge in [-0.15, -0.1) is 12.4 Å². The van der Waals surface area contributed by atoms with Gasteiger partial charge in [0.05, 0.1) is 12.5 Å². The molecule has 114 valence electrons. The monoisotopic (exact) mass is 303 g/mol. The molecule has 20 heavy (non-hydrogen) atoms. The minimum Gasteiger partial charge on any atom is -0.381 e. The molecule has 0 bridgehead atoms. The van der Waals surface area contributed by atoms with Crippen LogP contribution in [0, 0.1) is 5.92 Å². The minimum absolute atomic E-state index is 0. The van der Waals surface area contributed by atoms with Crippen LogP contribution < -0.4 is 5.32 Å². The quantitative estimate of drug-likeness (QED) is 0.796. The standard InChI is InChI=1S/C13H21N3O3.ClH/c1-4-17-5-2-10(1)9-18-6-3-12-15-13(19-16-12)11-7-14-8-11;/h10-11,14H,1-9H2;1H. The van der Waals surface area contributed by atoms with E-state index in [0.29, 0.717) is 18.4 Å². The van der Waals surface area contributed by atoms with E-state index < -0.39 is 0 Å². The highest BCUT2D eigenvalue weighted by Crippen LogP contribution is 2.17. The van der Waals surface area contributed by atoms with Gasteiger partial charge < -0.3 is 19.3 Å². The fraction of sp³-hybridized carbons (Fsp3) is 0.846. The molecule has 2 fully saturated rings. The first kappa shape index (κ1) is 15.7. The SMILES string of the molecule is C1CC(COCCc2noc(C3CNC3)n2)CCO1.Cl. The summed E-state index contributed by atoms with van der Waals surface area (Å²) in [4.78, 5) is 4.40. The Morgan fingerprint density at radius 3 is 2.75 bits per heavy atom. The molecule has 1 aromatic heterocycles. The molecule has 2 saturated heterocycles. The van der Waals surface area contributed by atoms with Gasteiger partial charge >= 0.3 is 0 Å². The van der Waals surface area contributed by atoms with Crippen molar-refractivity contribution in [2.24, 2.45) is 5.92 Å². The Kier molecular flexibility index (Phi) is 6.22. The molecule has 0 atom stereocenters. The van der Waals surface area contributed by atoms with Crippen LogP contribution >= 0.6 is 12.4 Å². The third kappa shape index (κ3) is 4.15. The lowest BCUT2D eigenvalue weighted by Crippen LogP contribution is -2.40. The lowest BCUT2D eigenvalue weighted by Gasteiger charge is -2.22. The van der Waals surface area contributed by atoms with Crippen LogP contribution in [-0.2, 0) is 15.9 Å². The molecule has 2 aliphatic rings. The van der Waals surface area contributed by atoms with Crippen molar-refractivity contribution in [2.45, 2.75) is 25.2 Å². The zero-order valence-corrected chi connectivity index (χ0v) is 12.4. The van der Waals surface area contributed by atoms with Crippen LogP contribution in [0.4, 0.5) is 0 Å². The smallest absolute Gasteiger partial charge is 0.232 e. The highest BCUT2D eigenvalue weighted by Gasteiger charge is 2.24. The summed E-state index contributed by atoms with van der Waals surface area (Å²) in [6, 6.07) is 0. The Bertz CT molecular complexity index is 392. The lowest BCUT2D eigenvalue weighted by atomic mass is 10.0. The van der Waals surface area contributed by atoms with Crippen molar-refractivity contribution in [3.05, 3.63) is 11.7 Å². The molecule has 0 amide bonds. The van der Waals surface area contributed by atoms with E-state index in [4.69, 9.17) is 14.0 Å². The first-order valence-electron chi connectivity index (χ1n) is 7.10. The lowest BCUT2D eigenvalue weighted by molar-refractivity contribution is 0.0211. The summed E-state index contributed by atoms with van der Waals surface area (Å²) >= 11 is 0. The molecule has 3 rings (SSSR count). The van der Waals surface area contributed by atoms with Gasteiger partial charge in [0.15, 0.2) is 5.82 Å². The van der Waals surface area contributed by atoms with E-state index in [-0.39, 0.29) is 12.4 Å². The zero-order valence-electron chi connectivity index (χ0n) is 11.5. The van der Waals surface area contributed by atoms with Crippen LogP contribution in [0.3, 0.4) is 0 Å². The number of nitrogens with one attached hydrogen (secondary N) is 1. The highest BCUT2D eigenvalue weighted by molar-refractivity contribution is 5.85. The van der Waals surface area contributed by atoms with E-state index in [9.17, 15) is 0 Å². The Balaban J connectivity index is 0.00000147. The fourth-order valence-electron chi connectivity index (χ4n) is 2.32. The maximum Gasteiger partial charge on any atom is 0.232 e. The van der Waals surface area contributed by atoms with Crippen molar-refractivity contribution in [3.63, 3.8) is 0 Å². The van der Waals surface area contributed by atoms with Crippen molar-refractivity contribution in [3.8, 4) is 0 Å². The second-order valence-corrected chi connectivity index (χ2v) is 5.28. The number of ether oxygens (including phenoxy) is 2. The number of halogens is 1. The second-order valence-electron chi connectivity index (χ2n) is 5.28. The first-order chi connectivity index (χ1) is 9.42. The van der Waals surface area contributed by atoms with Crippen molar-refractivity contribution >= 4 is 12.4 Å². The van der Waals surface area contributed by atoms with Gasteiger partial charge in [0.25, 0.3) is 0 Å².